The summed E-state index contributed by atoms with van der Waals surface area (Å²) in [5.74, 6) is 0.947. The van der Waals surface area contributed by atoms with E-state index in [-0.39, 0.29) is 12.3 Å². The van der Waals surface area contributed by atoms with Crippen LogP contribution >= 0.6 is 0 Å². The molecule has 3 heterocycles. The monoisotopic (exact) mass is 426 g/mol. The number of pyridine rings is 1. The van der Waals surface area contributed by atoms with E-state index in [4.69, 9.17) is 9.51 Å². The predicted molar refractivity (Wildman–Crippen MR) is 126 cm³/mol. The smallest absolute Gasteiger partial charge is 0.232 e. The number of carbonyl (C=O) groups excluding carboxylic acids is 1. The van der Waals surface area contributed by atoms with Crippen molar-refractivity contribution in [3.8, 4) is 0 Å². The maximum absolute atomic E-state index is 12.5. The maximum atomic E-state index is 12.5. The first-order valence-electron chi connectivity index (χ1n) is 11.0. The Morgan fingerprint density at radius 2 is 1.94 bits per heavy atom. The Bertz CT molecular complexity index is 1270. The van der Waals surface area contributed by atoms with Crippen LogP contribution in [0.25, 0.3) is 10.9 Å². The molecule has 0 spiro atoms. The highest BCUT2D eigenvalue weighted by Crippen LogP contribution is 2.35. The third-order valence-electron chi connectivity index (χ3n) is 6.01. The lowest BCUT2D eigenvalue weighted by Gasteiger charge is -2.22. The van der Waals surface area contributed by atoms with E-state index in [0.29, 0.717) is 11.7 Å². The zero-order chi connectivity index (χ0) is 22.1. The Balaban J connectivity index is 1.40. The lowest BCUT2D eigenvalue weighted by atomic mass is 9.99. The van der Waals surface area contributed by atoms with E-state index in [2.05, 4.69) is 51.8 Å². The number of aryl methyl sites for hydroxylation is 2. The molecule has 2 aromatic heterocycles. The van der Waals surface area contributed by atoms with Crippen LogP contribution in [0.4, 0.5) is 11.4 Å². The second-order valence-corrected chi connectivity index (χ2v) is 8.52. The van der Waals surface area contributed by atoms with Crippen LogP contribution in [0.3, 0.4) is 0 Å². The van der Waals surface area contributed by atoms with Crippen LogP contribution in [0.2, 0.25) is 0 Å². The van der Waals surface area contributed by atoms with Crippen LogP contribution in [0.15, 0.2) is 65.2 Å². The summed E-state index contributed by atoms with van der Waals surface area (Å²) in [4.78, 5) is 19.7. The molecule has 162 valence electrons. The van der Waals surface area contributed by atoms with Crippen LogP contribution in [0.5, 0.6) is 0 Å². The summed E-state index contributed by atoms with van der Waals surface area (Å²) in [5.41, 5.74) is 6.02. The quantitative estimate of drug-likeness (QED) is 0.485. The molecule has 1 saturated heterocycles. The van der Waals surface area contributed by atoms with Crippen LogP contribution in [-0.4, -0.2) is 29.1 Å². The molecule has 6 heteroatoms. The van der Waals surface area contributed by atoms with Gasteiger partial charge in [-0.15, -0.1) is 0 Å². The molecule has 1 aliphatic rings. The van der Waals surface area contributed by atoms with E-state index < -0.39 is 0 Å². The van der Waals surface area contributed by atoms with Gasteiger partial charge in [-0.05, 0) is 50.1 Å². The number of amides is 1. The summed E-state index contributed by atoms with van der Waals surface area (Å²) in [6.07, 6.45) is 1.28. The van der Waals surface area contributed by atoms with Gasteiger partial charge in [0.15, 0.2) is 0 Å². The van der Waals surface area contributed by atoms with E-state index >= 15 is 0 Å². The molecule has 2 aromatic carbocycles. The van der Waals surface area contributed by atoms with Crippen LogP contribution in [-0.2, 0) is 11.2 Å². The zero-order valence-corrected chi connectivity index (χ0v) is 18.3. The molecule has 1 atom stereocenters. The summed E-state index contributed by atoms with van der Waals surface area (Å²) >= 11 is 0. The average molecular weight is 427 g/mol. The number of hydrogen-bond acceptors (Lipinski definition) is 5. The van der Waals surface area contributed by atoms with Crippen molar-refractivity contribution in [3.63, 3.8) is 0 Å². The molecule has 1 aliphatic heterocycles. The first-order valence-corrected chi connectivity index (χ1v) is 11.0. The van der Waals surface area contributed by atoms with E-state index in [9.17, 15) is 4.79 Å². The van der Waals surface area contributed by atoms with Gasteiger partial charge in [0.2, 0.25) is 5.91 Å². The summed E-state index contributed by atoms with van der Waals surface area (Å²) in [7, 11) is 0. The number of nitrogens with one attached hydrogen (secondary N) is 1. The number of nitrogens with zero attached hydrogens (tertiary/aromatic N) is 3. The zero-order valence-electron chi connectivity index (χ0n) is 18.3. The van der Waals surface area contributed by atoms with Crippen molar-refractivity contribution in [2.24, 2.45) is 0 Å². The Morgan fingerprint density at radius 3 is 2.72 bits per heavy atom. The number of rotatable bonds is 5. The molecule has 1 unspecified atom stereocenters. The van der Waals surface area contributed by atoms with Crippen molar-refractivity contribution >= 4 is 28.2 Å². The van der Waals surface area contributed by atoms with E-state index in [1.165, 1.54) is 11.3 Å². The molecule has 1 N–H and O–H groups in total. The molecule has 0 saturated carbocycles. The summed E-state index contributed by atoms with van der Waals surface area (Å²) in [5, 5.41) is 7.88. The summed E-state index contributed by atoms with van der Waals surface area (Å²) in [6.45, 7) is 5.85. The van der Waals surface area contributed by atoms with Crippen molar-refractivity contribution < 1.29 is 9.32 Å². The molecule has 5 rings (SSSR count). The second kappa shape index (κ2) is 8.46. The Kier molecular flexibility index (Phi) is 5.35. The van der Waals surface area contributed by atoms with Gasteiger partial charge in [-0.3, -0.25) is 9.78 Å². The minimum atomic E-state index is -0.132. The van der Waals surface area contributed by atoms with Crippen molar-refractivity contribution in [1.82, 2.24) is 10.1 Å². The molecule has 0 aliphatic carbocycles. The number of fused-ring (bicyclic) bond motifs is 1. The number of carbonyl (C=O) groups is 1. The largest absolute Gasteiger partial charge is 0.370 e. The van der Waals surface area contributed by atoms with Crippen LogP contribution < -0.4 is 10.2 Å². The highest BCUT2D eigenvalue weighted by molar-refractivity contribution is 5.98. The third kappa shape index (κ3) is 4.21. The van der Waals surface area contributed by atoms with Crippen LogP contribution in [0, 0.1) is 13.8 Å². The van der Waals surface area contributed by atoms with Gasteiger partial charge >= 0.3 is 0 Å². The van der Waals surface area contributed by atoms with Crippen molar-refractivity contribution in [2.45, 2.75) is 32.6 Å². The Hall–Kier alpha value is -3.67. The molecule has 4 aromatic rings. The van der Waals surface area contributed by atoms with Gasteiger partial charge in [-0.2, -0.15) is 0 Å². The first-order chi connectivity index (χ1) is 15.5. The molecular weight excluding hydrogens is 400 g/mol. The molecule has 1 amide bonds. The number of benzene rings is 2. The van der Waals surface area contributed by atoms with Gasteiger partial charge in [-0.1, -0.05) is 35.5 Å². The van der Waals surface area contributed by atoms with Gasteiger partial charge in [0.1, 0.15) is 5.76 Å². The molecule has 0 bridgehead atoms. The molecule has 6 nitrogen and oxygen atoms in total. The fourth-order valence-electron chi connectivity index (χ4n) is 4.52. The number of hydrogen-bond donors (Lipinski definition) is 1. The van der Waals surface area contributed by atoms with Gasteiger partial charge in [0.25, 0.3) is 0 Å². The van der Waals surface area contributed by atoms with E-state index in [1.54, 1.807) is 6.07 Å². The average Bonchev–Trinajstić information content (AvgIpc) is 3.43. The lowest BCUT2D eigenvalue weighted by Crippen LogP contribution is -2.20. The molecule has 0 radical (unpaired) electrons. The Morgan fingerprint density at radius 1 is 1.09 bits per heavy atom. The normalized spacial score (nSPS) is 15.9. The number of anilines is 2. The molecule has 1 fully saturated rings. The summed E-state index contributed by atoms with van der Waals surface area (Å²) < 4.78 is 5.16. The van der Waals surface area contributed by atoms with Gasteiger partial charge in [0, 0.05) is 47.5 Å². The SMILES string of the molecule is Cc1cc(CC(=O)Nc2ccc3nc(C)cc(N4CCC(c5ccccc5)C4)c3c2)on1. The van der Waals surface area contributed by atoms with Crippen molar-refractivity contribution in [3.05, 3.63) is 83.4 Å². The highest BCUT2D eigenvalue weighted by Gasteiger charge is 2.25. The molecule has 32 heavy (non-hydrogen) atoms. The van der Waals surface area contributed by atoms with E-state index in [0.717, 1.165) is 47.5 Å². The fraction of sp³-hybridized carbons (Fsp3) is 0.269. The topological polar surface area (TPSA) is 71.3 Å². The predicted octanol–water partition coefficient (Wildman–Crippen LogP) is 5.01. The highest BCUT2D eigenvalue weighted by atomic mass is 16.5. The minimum absolute atomic E-state index is 0.132. The van der Waals surface area contributed by atoms with Gasteiger partial charge in [0.05, 0.1) is 17.6 Å². The van der Waals surface area contributed by atoms with E-state index in [1.807, 2.05) is 32.0 Å². The van der Waals surface area contributed by atoms with Crippen molar-refractivity contribution in [2.75, 3.05) is 23.3 Å². The fourth-order valence-corrected chi connectivity index (χ4v) is 4.52. The summed E-state index contributed by atoms with van der Waals surface area (Å²) in [6, 6.07) is 20.6. The molecular formula is C26H26N4O2. The van der Waals surface area contributed by atoms with Gasteiger partial charge < -0.3 is 14.7 Å². The second-order valence-electron chi connectivity index (χ2n) is 8.52. The lowest BCUT2D eigenvalue weighted by molar-refractivity contribution is -0.115. The minimum Gasteiger partial charge on any atom is -0.370 e. The third-order valence-corrected chi connectivity index (χ3v) is 6.01. The number of aromatic nitrogens is 2. The van der Waals surface area contributed by atoms with Crippen LogP contribution in [0.1, 0.15) is 35.1 Å². The Labute approximate surface area is 187 Å². The maximum Gasteiger partial charge on any atom is 0.232 e. The van der Waals surface area contributed by atoms with Crippen molar-refractivity contribution in [1.29, 1.82) is 0 Å². The first kappa shape index (κ1) is 20.2. The van der Waals surface area contributed by atoms with Gasteiger partial charge in [-0.25, -0.2) is 0 Å². The standard InChI is InChI=1S/C26H26N4O2/c1-17-13-25(30-11-10-20(16-30)19-6-4-3-5-7-19)23-14-21(8-9-24(23)27-17)28-26(31)15-22-12-18(2)29-32-22/h3-9,12-14,20H,10-11,15-16H2,1-2H3,(H,28,31).